The van der Waals surface area contributed by atoms with Crippen LogP contribution in [0.2, 0.25) is 0 Å². The molecule has 0 aliphatic heterocycles. The molecular formula is C52H31N3. The third-order valence-electron chi connectivity index (χ3n) is 11.5. The number of hydrogen-bond donors (Lipinski definition) is 0. The van der Waals surface area contributed by atoms with E-state index >= 15 is 0 Å². The van der Waals surface area contributed by atoms with Crippen molar-refractivity contribution in [2.24, 2.45) is 0 Å². The maximum Gasteiger partial charge on any atom is 0.0795 e. The van der Waals surface area contributed by atoms with Crippen molar-refractivity contribution in [2.75, 3.05) is 0 Å². The van der Waals surface area contributed by atoms with Gasteiger partial charge in [-0.3, -0.25) is 0 Å². The van der Waals surface area contributed by atoms with Crippen LogP contribution >= 0.6 is 0 Å². The smallest absolute Gasteiger partial charge is 0.0795 e. The second kappa shape index (κ2) is 11.6. The van der Waals surface area contributed by atoms with Gasteiger partial charge in [0, 0.05) is 59.9 Å². The molecular weight excluding hydrogens is 667 g/mol. The highest BCUT2D eigenvalue weighted by Crippen LogP contribution is 2.44. The Morgan fingerprint density at radius 1 is 0.327 bits per heavy atom. The third-order valence-corrected chi connectivity index (χ3v) is 11.5. The minimum absolute atomic E-state index is 0.989. The number of aromatic nitrogens is 3. The van der Waals surface area contributed by atoms with Crippen LogP contribution in [0.5, 0.6) is 0 Å². The van der Waals surface area contributed by atoms with Crippen LogP contribution in [0.4, 0.5) is 0 Å². The summed E-state index contributed by atoms with van der Waals surface area (Å²) in [6.07, 6.45) is 0. The van der Waals surface area contributed by atoms with Crippen LogP contribution in [0.1, 0.15) is 0 Å². The number of para-hydroxylation sites is 3. The summed E-state index contributed by atoms with van der Waals surface area (Å²) in [5, 5.41) is 13.0. The Hall–Kier alpha value is -7.36. The molecule has 254 valence electrons. The molecule has 3 heterocycles. The van der Waals surface area contributed by atoms with Crippen molar-refractivity contribution < 1.29 is 0 Å². The Balaban J connectivity index is 1.15. The lowest BCUT2D eigenvalue weighted by Gasteiger charge is -2.16. The quantitative estimate of drug-likeness (QED) is 0.136. The number of rotatable bonds is 3. The summed E-state index contributed by atoms with van der Waals surface area (Å²) in [4.78, 5) is 10.9. The van der Waals surface area contributed by atoms with Crippen molar-refractivity contribution in [3.63, 3.8) is 0 Å². The summed E-state index contributed by atoms with van der Waals surface area (Å²) in [5.41, 5.74) is 11.0. The summed E-state index contributed by atoms with van der Waals surface area (Å²) < 4.78 is 2.39. The second-order valence-corrected chi connectivity index (χ2v) is 14.5. The highest BCUT2D eigenvalue weighted by molar-refractivity contribution is 6.28. The molecule has 0 unspecified atom stereocenters. The molecule has 0 N–H and O–H groups in total. The van der Waals surface area contributed by atoms with E-state index in [-0.39, 0.29) is 0 Å². The predicted molar refractivity (Wildman–Crippen MR) is 232 cm³/mol. The Labute approximate surface area is 316 Å². The summed E-state index contributed by atoms with van der Waals surface area (Å²) in [5.74, 6) is 0. The fraction of sp³-hybridized carbons (Fsp3) is 0. The lowest BCUT2D eigenvalue weighted by atomic mass is 9.91. The summed E-state index contributed by atoms with van der Waals surface area (Å²) in [7, 11) is 0. The average molecular weight is 698 g/mol. The lowest BCUT2D eigenvalue weighted by molar-refractivity contribution is 1.18. The molecule has 0 saturated carbocycles. The van der Waals surface area contributed by atoms with Gasteiger partial charge in [0.25, 0.3) is 0 Å². The third kappa shape index (κ3) is 4.38. The number of benzene rings is 9. The molecule has 9 aromatic carbocycles. The van der Waals surface area contributed by atoms with Crippen molar-refractivity contribution in [1.29, 1.82) is 0 Å². The molecule has 12 aromatic rings. The molecule has 0 radical (unpaired) electrons. The van der Waals surface area contributed by atoms with E-state index in [9.17, 15) is 0 Å². The summed E-state index contributed by atoms with van der Waals surface area (Å²) in [6, 6.07) is 67.8. The van der Waals surface area contributed by atoms with Gasteiger partial charge in [0.15, 0.2) is 0 Å². The van der Waals surface area contributed by atoms with Gasteiger partial charge in [-0.15, -0.1) is 0 Å². The van der Waals surface area contributed by atoms with Crippen LogP contribution in [0.3, 0.4) is 0 Å². The van der Waals surface area contributed by atoms with Crippen molar-refractivity contribution in [1.82, 2.24) is 14.5 Å². The number of nitrogens with zero attached hydrogens (tertiary/aromatic N) is 3. The average Bonchev–Trinajstić information content (AvgIpc) is 3.60. The van der Waals surface area contributed by atoms with Crippen LogP contribution in [0.25, 0.3) is 115 Å². The zero-order valence-corrected chi connectivity index (χ0v) is 29.7. The van der Waals surface area contributed by atoms with E-state index in [0.29, 0.717) is 0 Å². The van der Waals surface area contributed by atoms with E-state index in [2.05, 4.69) is 193 Å². The van der Waals surface area contributed by atoms with Gasteiger partial charge in [-0.2, -0.15) is 0 Å². The largest absolute Gasteiger partial charge is 0.309 e. The van der Waals surface area contributed by atoms with Gasteiger partial charge in [0.2, 0.25) is 0 Å². The fourth-order valence-corrected chi connectivity index (χ4v) is 9.09. The molecule has 3 nitrogen and oxygen atoms in total. The number of hydrogen-bond acceptors (Lipinski definition) is 2. The zero-order valence-electron chi connectivity index (χ0n) is 29.7. The first kappa shape index (κ1) is 30.1. The Morgan fingerprint density at radius 3 is 1.60 bits per heavy atom. The molecule has 0 bridgehead atoms. The summed E-state index contributed by atoms with van der Waals surface area (Å²) in [6.45, 7) is 0. The molecule has 0 aliphatic carbocycles. The van der Waals surface area contributed by atoms with E-state index in [1.165, 1.54) is 59.7 Å². The molecule has 55 heavy (non-hydrogen) atoms. The first-order valence-corrected chi connectivity index (χ1v) is 18.8. The van der Waals surface area contributed by atoms with Crippen LogP contribution in [0, 0.1) is 0 Å². The minimum atomic E-state index is 0.989. The van der Waals surface area contributed by atoms with Gasteiger partial charge in [0.1, 0.15) is 0 Å². The molecule has 0 saturated heterocycles. The molecule has 0 fully saturated rings. The van der Waals surface area contributed by atoms with Crippen LogP contribution in [-0.2, 0) is 0 Å². The van der Waals surface area contributed by atoms with E-state index in [0.717, 1.165) is 55.2 Å². The van der Waals surface area contributed by atoms with Crippen molar-refractivity contribution in [3.05, 3.63) is 188 Å². The van der Waals surface area contributed by atoms with Gasteiger partial charge >= 0.3 is 0 Å². The van der Waals surface area contributed by atoms with Gasteiger partial charge in [0.05, 0.1) is 33.3 Å². The van der Waals surface area contributed by atoms with Gasteiger partial charge in [-0.25, -0.2) is 9.97 Å². The van der Waals surface area contributed by atoms with Crippen molar-refractivity contribution in [2.45, 2.75) is 0 Å². The van der Waals surface area contributed by atoms with E-state index in [4.69, 9.17) is 9.97 Å². The fourth-order valence-electron chi connectivity index (χ4n) is 9.09. The molecule has 0 aliphatic rings. The predicted octanol–water partition coefficient (Wildman–Crippen LogP) is 13.8. The van der Waals surface area contributed by atoms with Crippen LogP contribution in [0.15, 0.2) is 188 Å². The van der Waals surface area contributed by atoms with Crippen LogP contribution in [-0.4, -0.2) is 14.5 Å². The van der Waals surface area contributed by atoms with Crippen molar-refractivity contribution in [3.8, 4) is 28.1 Å². The monoisotopic (exact) mass is 697 g/mol. The Bertz CT molecular complexity index is 3430. The lowest BCUT2D eigenvalue weighted by Crippen LogP contribution is -1.94. The minimum Gasteiger partial charge on any atom is -0.309 e. The van der Waals surface area contributed by atoms with Crippen molar-refractivity contribution >= 4 is 86.8 Å². The second-order valence-electron chi connectivity index (χ2n) is 14.5. The molecule has 3 heteroatoms. The van der Waals surface area contributed by atoms with E-state index in [1.807, 2.05) is 0 Å². The van der Waals surface area contributed by atoms with Gasteiger partial charge < -0.3 is 4.57 Å². The molecule has 0 spiro atoms. The zero-order chi connectivity index (χ0) is 36.0. The normalized spacial score (nSPS) is 12.0. The Morgan fingerprint density at radius 2 is 0.891 bits per heavy atom. The highest BCUT2D eigenvalue weighted by atomic mass is 15.0. The number of fused-ring (bicyclic) bond motifs is 13. The number of pyridine rings is 2. The maximum atomic E-state index is 5.46. The SMILES string of the molecule is c1ccc(-n2c3ccccc3c3c4c(-c5ccc(-c6c7ccc8ccccc8c7nc7c6ccc6ccccc67)cc5)nc5ccccc5c4ccc32)cc1. The maximum absolute atomic E-state index is 5.46. The molecule has 0 atom stereocenters. The van der Waals surface area contributed by atoms with Crippen LogP contribution < -0.4 is 0 Å². The Kier molecular flexibility index (Phi) is 6.34. The van der Waals surface area contributed by atoms with Gasteiger partial charge in [-0.1, -0.05) is 158 Å². The standard InChI is InChI=1S/C52H31N3/c1-2-14-36(15-3-1)55-45-21-11-9-19-41(45)48-46(55)31-30-40-39-18-8-10-20-44(39)53-50(49(40)48)35-24-22-34(23-25-35)47-42-28-26-32-12-4-6-16-37(32)51(42)54-52-38-17-7-5-13-33(38)27-29-43(47)52/h1-31H. The topological polar surface area (TPSA) is 30.7 Å². The molecule has 0 amide bonds. The highest BCUT2D eigenvalue weighted by Gasteiger charge is 2.21. The van der Waals surface area contributed by atoms with E-state index < -0.39 is 0 Å². The van der Waals surface area contributed by atoms with Gasteiger partial charge in [-0.05, 0) is 52.1 Å². The first-order valence-electron chi connectivity index (χ1n) is 18.8. The first-order chi connectivity index (χ1) is 27.3. The molecule has 12 rings (SSSR count). The molecule has 3 aromatic heterocycles. The van der Waals surface area contributed by atoms with E-state index in [1.54, 1.807) is 0 Å². The summed E-state index contributed by atoms with van der Waals surface area (Å²) >= 11 is 0.